The summed E-state index contributed by atoms with van der Waals surface area (Å²) in [5.41, 5.74) is 6.54. The molecule has 1 aliphatic heterocycles. The Morgan fingerprint density at radius 1 is 1.33 bits per heavy atom. The van der Waals surface area contributed by atoms with Crippen molar-refractivity contribution >= 4 is 10.0 Å². The molecule has 2 rings (SSSR count). The third kappa shape index (κ3) is 3.41. The van der Waals surface area contributed by atoms with Gasteiger partial charge in [-0.3, -0.25) is 0 Å². The van der Waals surface area contributed by atoms with Crippen LogP contribution in [0.15, 0.2) is 29.2 Å². The molecule has 1 saturated heterocycles. The number of piperazine rings is 1. The predicted molar refractivity (Wildman–Crippen MR) is 80.0 cm³/mol. The molecule has 7 heteroatoms. The van der Waals surface area contributed by atoms with E-state index in [-0.39, 0.29) is 17.4 Å². The van der Waals surface area contributed by atoms with Crippen molar-refractivity contribution in [3.05, 3.63) is 29.8 Å². The van der Waals surface area contributed by atoms with Gasteiger partial charge in [0.15, 0.2) is 0 Å². The Morgan fingerprint density at radius 3 is 2.57 bits per heavy atom. The van der Waals surface area contributed by atoms with Crippen LogP contribution in [-0.2, 0) is 16.4 Å². The molecule has 0 saturated carbocycles. The summed E-state index contributed by atoms with van der Waals surface area (Å²) in [7, 11) is -1.57. The van der Waals surface area contributed by atoms with Crippen LogP contribution in [0.2, 0.25) is 0 Å². The van der Waals surface area contributed by atoms with Gasteiger partial charge >= 0.3 is 0 Å². The monoisotopic (exact) mass is 308 g/mol. The van der Waals surface area contributed by atoms with Gasteiger partial charge in [-0.2, -0.15) is 9.57 Å². The fraction of sp³-hybridized carbons (Fsp3) is 0.500. The second kappa shape index (κ2) is 6.54. The minimum atomic E-state index is -3.53. The van der Waals surface area contributed by atoms with Crippen LogP contribution in [0.25, 0.3) is 0 Å². The van der Waals surface area contributed by atoms with Gasteiger partial charge in [0.1, 0.15) is 0 Å². The average molecular weight is 308 g/mol. The number of nitrogens with two attached hydrogens (primary N) is 1. The van der Waals surface area contributed by atoms with Crippen molar-refractivity contribution < 1.29 is 8.42 Å². The first-order chi connectivity index (χ1) is 9.98. The van der Waals surface area contributed by atoms with Gasteiger partial charge in [-0.1, -0.05) is 12.1 Å². The minimum absolute atomic E-state index is 0.201. The number of sulfonamides is 1. The van der Waals surface area contributed by atoms with Crippen LogP contribution in [0.5, 0.6) is 0 Å². The highest BCUT2D eigenvalue weighted by Crippen LogP contribution is 2.21. The molecule has 0 bridgehead atoms. The number of hydrogen-bond acceptors (Lipinski definition) is 5. The molecule has 0 aromatic heterocycles. The summed E-state index contributed by atoms with van der Waals surface area (Å²) >= 11 is 0. The molecule has 0 spiro atoms. The molecule has 1 aromatic rings. The SMILES string of the molecule is CN1CCN(S(=O)(=O)c2ccc(CC#N)cc2)C(CN)C1. The maximum atomic E-state index is 12.7. The normalized spacial score (nSPS) is 21.1. The third-order valence-corrected chi connectivity index (χ3v) is 5.68. The van der Waals surface area contributed by atoms with Crippen molar-refractivity contribution in [2.45, 2.75) is 17.4 Å². The van der Waals surface area contributed by atoms with Crippen LogP contribution in [-0.4, -0.2) is 56.9 Å². The molecule has 0 aliphatic carbocycles. The summed E-state index contributed by atoms with van der Waals surface area (Å²) in [5, 5.41) is 8.65. The first kappa shape index (κ1) is 15.9. The molecule has 0 amide bonds. The summed E-state index contributed by atoms with van der Waals surface area (Å²) in [6.07, 6.45) is 0.278. The molecule has 21 heavy (non-hydrogen) atoms. The molecular weight excluding hydrogens is 288 g/mol. The topological polar surface area (TPSA) is 90.4 Å². The molecule has 1 aliphatic rings. The summed E-state index contributed by atoms with van der Waals surface area (Å²) in [6, 6.07) is 8.34. The smallest absolute Gasteiger partial charge is 0.243 e. The number of benzene rings is 1. The lowest BCUT2D eigenvalue weighted by molar-refractivity contribution is 0.164. The lowest BCUT2D eigenvalue weighted by atomic mass is 10.2. The standard InChI is InChI=1S/C14H20N4O2S/c1-17-8-9-18(13(10-16)11-17)21(19,20)14-4-2-12(3-5-14)6-7-15/h2-5,13H,6,8-11,16H2,1H3. The quantitative estimate of drug-likeness (QED) is 0.846. The van der Waals surface area contributed by atoms with Crippen molar-refractivity contribution in [1.82, 2.24) is 9.21 Å². The summed E-state index contributed by atoms with van der Waals surface area (Å²) in [6.45, 7) is 2.08. The highest BCUT2D eigenvalue weighted by Gasteiger charge is 2.34. The molecule has 6 nitrogen and oxygen atoms in total. The Balaban J connectivity index is 2.26. The van der Waals surface area contributed by atoms with Crippen LogP contribution in [0.1, 0.15) is 5.56 Å². The average Bonchev–Trinajstić information content (AvgIpc) is 2.47. The summed E-state index contributed by atoms with van der Waals surface area (Å²) in [5.74, 6) is 0. The van der Waals surface area contributed by atoms with Crippen molar-refractivity contribution in [3.8, 4) is 6.07 Å². The molecule has 1 unspecified atom stereocenters. The van der Waals surface area contributed by atoms with Crippen molar-refractivity contribution in [2.24, 2.45) is 5.73 Å². The van der Waals surface area contributed by atoms with Crippen LogP contribution in [0.4, 0.5) is 0 Å². The number of nitrogens with zero attached hydrogens (tertiary/aromatic N) is 3. The maximum absolute atomic E-state index is 12.7. The Hall–Kier alpha value is -1.46. The molecular formula is C14H20N4O2S. The number of nitriles is 1. The lowest BCUT2D eigenvalue weighted by Crippen LogP contribution is -2.56. The molecule has 1 atom stereocenters. The summed E-state index contributed by atoms with van der Waals surface area (Å²) < 4.78 is 26.9. The molecule has 1 fully saturated rings. The lowest BCUT2D eigenvalue weighted by Gasteiger charge is -2.38. The van der Waals surface area contributed by atoms with Crippen LogP contribution in [0.3, 0.4) is 0 Å². The fourth-order valence-corrected chi connectivity index (χ4v) is 4.13. The van der Waals surface area contributed by atoms with E-state index in [1.165, 1.54) is 4.31 Å². The van der Waals surface area contributed by atoms with E-state index in [2.05, 4.69) is 4.90 Å². The van der Waals surface area contributed by atoms with Crippen molar-refractivity contribution in [2.75, 3.05) is 33.2 Å². The van der Waals surface area contributed by atoms with E-state index in [4.69, 9.17) is 11.0 Å². The van der Waals surface area contributed by atoms with E-state index in [1.807, 2.05) is 13.1 Å². The van der Waals surface area contributed by atoms with Crippen LogP contribution < -0.4 is 5.73 Å². The molecule has 1 aromatic carbocycles. The Bertz CT molecular complexity index is 621. The van der Waals surface area contributed by atoms with Gasteiger partial charge in [0.05, 0.1) is 23.4 Å². The first-order valence-electron chi connectivity index (χ1n) is 6.85. The van der Waals surface area contributed by atoms with Gasteiger partial charge in [0.2, 0.25) is 10.0 Å². The summed E-state index contributed by atoms with van der Waals surface area (Å²) in [4.78, 5) is 2.34. The highest BCUT2D eigenvalue weighted by atomic mass is 32.2. The van der Waals surface area contributed by atoms with E-state index in [9.17, 15) is 8.42 Å². The van der Waals surface area contributed by atoms with Crippen molar-refractivity contribution in [3.63, 3.8) is 0 Å². The van der Waals surface area contributed by atoms with Gasteiger partial charge < -0.3 is 10.6 Å². The Morgan fingerprint density at radius 2 is 2.00 bits per heavy atom. The van der Waals surface area contributed by atoms with Gasteiger partial charge in [-0.05, 0) is 24.7 Å². The van der Waals surface area contributed by atoms with Crippen LogP contribution in [0, 0.1) is 11.3 Å². The zero-order valence-corrected chi connectivity index (χ0v) is 12.9. The minimum Gasteiger partial charge on any atom is -0.329 e. The zero-order valence-electron chi connectivity index (χ0n) is 12.1. The fourth-order valence-electron chi connectivity index (χ4n) is 2.51. The molecule has 114 valence electrons. The van der Waals surface area contributed by atoms with Gasteiger partial charge in [0, 0.05) is 26.2 Å². The van der Waals surface area contributed by atoms with E-state index in [1.54, 1.807) is 24.3 Å². The van der Waals surface area contributed by atoms with E-state index in [0.717, 1.165) is 5.56 Å². The highest BCUT2D eigenvalue weighted by molar-refractivity contribution is 7.89. The number of hydrogen-bond donors (Lipinski definition) is 1. The first-order valence-corrected chi connectivity index (χ1v) is 8.29. The van der Waals surface area contributed by atoms with Gasteiger partial charge in [0.25, 0.3) is 0 Å². The number of rotatable bonds is 4. The molecule has 2 N–H and O–H groups in total. The van der Waals surface area contributed by atoms with E-state index < -0.39 is 10.0 Å². The Labute approximate surface area is 125 Å². The third-order valence-electron chi connectivity index (χ3n) is 3.72. The van der Waals surface area contributed by atoms with E-state index in [0.29, 0.717) is 26.2 Å². The van der Waals surface area contributed by atoms with Gasteiger partial charge in [-0.15, -0.1) is 0 Å². The number of likely N-dealkylation sites (N-methyl/N-ethyl adjacent to an activating group) is 1. The zero-order chi connectivity index (χ0) is 15.5. The predicted octanol–water partition coefficient (Wildman–Crippen LogP) is 0.0161. The van der Waals surface area contributed by atoms with Gasteiger partial charge in [-0.25, -0.2) is 8.42 Å². The molecule has 0 radical (unpaired) electrons. The maximum Gasteiger partial charge on any atom is 0.243 e. The molecule has 1 heterocycles. The second-order valence-corrected chi connectivity index (χ2v) is 7.14. The largest absolute Gasteiger partial charge is 0.329 e. The van der Waals surface area contributed by atoms with Crippen LogP contribution >= 0.6 is 0 Å². The van der Waals surface area contributed by atoms with E-state index >= 15 is 0 Å². The van der Waals surface area contributed by atoms with Crippen molar-refractivity contribution in [1.29, 1.82) is 5.26 Å². The second-order valence-electron chi connectivity index (χ2n) is 5.25. The Kier molecular flexibility index (Phi) is 4.96.